The smallest absolute Gasteiger partial charge is 0.180 e. The summed E-state index contributed by atoms with van der Waals surface area (Å²) in [6, 6.07) is 4.10. The van der Waals surface area contributed by atoms with Gasteiger partial charge >= 0.3 is 0 Å². The van der Waals surface area contributed by atoms with E-state index < -0.39 is 0 Å². The zero-order chi connectivity index (χ0) is 15.5. The van der Waals surface area contributed by atoms with Gasteiger partial charge in [-0.1, -0.05) is 0 Å². The van der Waals surface area contributed by atoms with Gasteiger partial charge in [0.25, 0.3) is 0 Å². The lowest BCUT2D eigenvalue weighted by Crippen LogP contribution is -2.44. The molecule has 2 aromatic heterocycles. The average molecular weight is 313 g/mol. The normalized spacial score (nSPS) is 23.3. The topological polar surface area (TPSA) is 54.4 Å². The van der Waals surface area contributed by atoms with Crippen LogP contribution >= 0.6 is 0 Å². The monoisotopic (exact) mass is 313 g/mol. The van der Waals surface area contributed by atoms with Crippen LogP contribution in [0.1, 0.15) is 12.8 Å². The maximum absolute atomic E-state index is 5.45. The second-order valence-electron chi connectivity index (χ2n) is 6.44. The molecule has 122 valence electrons. The van der Waals surface area contributed by atoms with E-state index in [1.165, 1.54) is 19.4 Å². The van der Waals surface area contributed by atoms with Crippen LogP contribution in [0.5, 0.6) is 0 Å². The number of hydrogen-bond acceptors (Lipinski definition) is 6. The standard InChI is InChI=1S/C17H23N5O/c1-2-14(12-21-8-10-23-11-9-21)13-22(7-1)16-4-3-15-17(20-16)19-6-5-18-15/h3-6,14H,1-2,7-13H2. The van der Waals surface area contributed by atoms with E-state index >= 15 is 0 Å². The number of piperidine rings is 1. The molecule has 0 aromatic carbocycles. The number of pyridine rings is 1. The van der Waals surface area contributed by atoms with E-state index in [1.807, 2.05) is 6.07 Å². The average Bonchev–Trinajstić information content (AvgIpc) is 2.62. The summed E-state index contributed by atoms with van der Waals surface area (Å²) in [5.74, 6) is 1.74. The third-order valence-corrected chi connectivity index (χ3v) is 4.78. The summed E-state index contributed by atoms with van der Waals surface area (Å²) < 4.78 is 5.45. The molecule has 6 heteroatoms. The molecule has 0 radical (unpaired) electrons. The lowest BCUT2D eigenvalue weighted by molar-refractivity contribution is 0.0296. The number of ether oxygens (including phenoxy) is 1. The predicted molar refractivity (Wildman–Crippen MR) is 89.5 cm³/mol. The van der Waals surface area contributed by atoms with Crippen molar-refractivity contribution >= 4 is 17.0 Å². The molecule has 2 aromatic rings. The maximum atomic E-state index is 5.45. The van der Waals surface area contributed by atoms with Crippen molar-refractivity contribution in [1.82, 2.24) is 19.9 Å². The molecule has 1 atom stereocenters. The highest BCUT2D eigenvalue weighted by Crippen LogP contribution is 2.23. The van der Waals surface area contributed by atoms with Crippen molar-refractivity contribution in [2.45, 2.75) is 12.8 Å². The Balaban J connectivity index is 1.45. The van der Waals surface area contributed by atoms with Crippen LogP contribution in [0.4, 0.5) is 5.82 Å². The second-order valence-corrected chi connectivity index (χ2v) is 6.44. The van der Waals surface area contributed by atoms with Crippen LogP contribution in [0.15, 0.2) is 24.5 Å². The Labute approximate surface area is 136 Å². The summed E-state index contributed by atoms with van der Waals surface area (Å²) >= 11 is 0. The van der Waals surface area contributed by atoms with E-state index in [9.17, 15) is 0 Å². The molecule has 0 spiro atoms. The number of rotatable bonds is 3. The van der Waals surface area contributed by atoms with E-state index in [4.69, 9.17) is 9.72 Å². The largest absolute Gasteiger partial charge is 0.379 e. The van der Waals surface area contributed by atoms with Gasteiger partial charge in [-0.05, 0) is 30.9 Å². The minimum absolute atomic E-state index is 0.709. The van der Waals surface area contributed by atoms with Crippen molar-refractivity contribution in [3.05, 3.63) is 24.5 Å². The highest BCUT2D eigenvalue weighted by Gasteiger charge is 2.24. The van der Waals surface area contributed by atoms with Crippen molar-refractivity contribution in [2.24, 2.45) is 5.92 Å². The van der Waals surface area contributed by atoms with Gasteiger partial charge in [-0.25, -0.2) is 9.97 Å². The SMILES string of the molecule is c1cnc2nc(N3CCCC(CN4CCOCC4)C3)ccc2n1. The Bertz CT molecular complexity index is 658. The number of hydrogen-bond donors (Lipinski definition) is 0. The lowest BCUT2D eigenvalue weighted by atomic mass is 9.97. The fraction of sp³-hybridized carbons (Fsp3) is 0.588. The van der Waals surface area contributed by atoms with Crippen molar-refractivity contribution in [1.29, 1.82) is 0 Å². The first-order valence-corrected chi connectivity index (χ1v) is 8.51. The molecule has 0 aliphatic carbocycles. The van der Waals surface area contributed by atoms with Gasteiger partial charge in [-0.3, -0.25) is 9.88 Å². The van der Waals surface area contributed by atoms with Gasteiger partial charge in [-0.2, -0.15) is 0 Å². The van der Waals surface area contributed by atoms with Crippen LogP contribution in [-0.4, -0.2) is 65.8 Å². The molecule has 6 nitrogen and oxygen atoms in total. The molecule has 0 saturated carbocycles. The molecular weight excluding hydrogens is 290 g/mol. The Hall–Kier alpha value is -1.79. The first kappa shape index (κ1) is 14.8. The molecule has 2 saturated heterocycles. The van der Waals surface area contributed by atoms with E-state index in [0.717, 1.165) is 56.4 Å². The maximum Gasteiger partial charge on any atom is 0.180 e. The minimum atomic E-state index is 0.709. The van der Waals surface area contributed by atoms with E-state index in [-0.39, 0.29) is 0 Å². The molecule has 2 aliphatic rings. The highest BCUT2D eigenvalue weighted by molar-refractivity contribution is 5.71. The van der Waals surface area contributed by atoms with Crippen molar-refractivity contribution in [2.75, 3.05) is 50.8 Å². The van der Waals surface area contributed by atoms with Gasteiger partial charge in [0.1, 0.15) is 11.3 Å². The Morgan fingerprint density at radius 3 is 2.87 bits per heavy atom. The quantitative estimate of drug-likeness (QED) is 0.857. The van der Waals surface area contributed by atoms with Crippen molar-refractivity contribution in [3.8, 4) is 0 Å². The number of fused-ring (bicyclic) bond motifs is 1. The zero-order valence-corrected chi connectivity index (χ0v) is 13.4. The van der Waals surface area contributed by atoms with Gasteiger partial charge in [0.15, 0.2) is 5.65 Å². The minimum Gasteiger partial charge on any atom is -0.379 e. The molecule has 4 rings (SSSR count). The molecule has 0 bridgehead atoms. The molecule has 1 unspecified atom stereocenters. The van der Waals surface area contributed by atoms with E-state index in [1.54, 1.807) is 12.4 Å². The van der Waals surface area contributed by atoms with Gasteiger partial charge in [0.2, 0.25) is 0 Å². The Morgan fingerprint density at radius 2 is 1.96 bits per heavy atom. The zero-order valence-electron chi connectivity index (χ0n) is 13.4. The number of nitrogens with zero attached hydrogens (tertiary/aromatic N) is 5. The van der Waals surface area contributed by atoms with Crippen LogP contribution in [0.25, 0.3) is 11.2 Å². The third-order valence-electron chi connectivity index (χ3n) is 4.78. The summed E-state index contributed by atoms with van der Waals surface area (Å²) in [5.41, 5.74) is 1.60. The van der Waals surface area contributed by atoms with Crippen LogP contribution in [0.2, 0.25) is 0 Å². The molecular formula is C17H23N5O. The Kier molecular flexibility index (Phi) is 4.35. The van der Waals surface area contributed by atoms with Gasteiger partial charge in [-0.15, -0.1) is 0 Å². The van der Waals surface area contributed by atoms with Crippen molar-refractivity contribution < 1.29 is 4.74 Å². The fourth-order valence-electron chi connectivity index (χ4n) is 3.59. The van der Waals surface area contributed by atoms with Gasteiger partial charge in [0, 0.05) is 45.1 Å². The number of morpholine rings is 1. The van der Waals surface area contributed by atoms with Gasteiger partial charge < -0.3 is 9.64 Å². The van der Waals surface area contributed by atoms with Crippen LogP contribution in [-0.2, 0) is 4.74 Å². The first-order chi connectivity index (χ1) is 11.4. The van der Waals surface area contributed by atoms with E-state index in [2.05, 4.69) is 25.8 Å². The predicted octanol–water partition coefficient (Wildman–Crippen LogP) is 1.57. The molecule has 0 amide bonds. The first-order valence-electron chi connectivity index (χ1n) is 8.51. The molecule has 0 N–H and O–H groups in total. The van der Waals surface area contributed by atoms with Crippen LogP contribution in [0.3, 0.4) is 0 Å². The van der Waals surface area contributed by atoms with Crippen molar-refractivity contribution in [3.63, 3.8) is 0 Å². The highest BCUT2D eigenvalue weighted by atomic mass is 16.5. The molecule has 23 heavy (non-hydrogen) atoms. The van der Waals surface area contributed by atoms with E-state index in [0.29, 0.717) is 5.92 Å². The summed E-state index contributed by atoms with van der Waals surface area (Å²) in [6.45, 7) is 7.23. The molecule has 4 heterocycles. The molecule has 2 fully saturated rings. The van der Waals surface area contributed by atoms with Gasteiger partial charge in [0.05, 0.1) is 13.2 Å². The summed E-state index contributed by atoms with van der Waals surface area (Å²) in [4.78, 5) is 18.3. The number of anilines is 1. The fourth-order valence-corrected chi connectivity index (χ4v) is 3.59. The Morgan fingerprint density at radius 1 is 1.09 bits per heavy atom. The van der Waals surface area contributed by atoms with Crippen LogP contribution < -0.4 is 4.90 Å². The number of aromatic nitrogens is 3. The summed E-state index contributed by atoms with van der Waals surface area (Å²) in [7, 11) is 0. The summed E-state index contributed by atoms with van der Waals surface area (Å²) in [5, 5.41) is 0. The van der Waals surface area contributed by atoms with Crippen LogP contribution in [0, 0.1) is 5.92 Å². The summed E-state index contributed by atoms with van der Waals surface area (Å²) in [6.07, 6.45) is 5.95. The second kappa shape index (κ2) is 6.76. The molecule has 2 aliphatic heterocycles. The lowest BCUT2D eigenvalue weighted by Gasteiger charge is -2.37. The third kappa shape index (κ3) is 3.43.